The molecule has 2 aromatic carbocycles. The molecule has 0 aliphatic carbocycles. The fourth-order valence-corrected chi connectivity index (χ4v) is 5.35. The minimum atomic E-state index is -4.52. The molecule has 0 bridgehead atoms. The monoisotopic (exact) mass is 575 g/mol. The number of carbonyl (C=O) groups excluding carboxylic acids is 1. The summed E-state index contributed by atoms with van der Waals surface area (Å²) < 4.78 is 62.2. The minimum absolute atomic E-state index is 0.101. The topological polar surface area (TPSA) is 106 Å². The van der Waals surface area contributed by atoms with Crippen molar-refractivity contribution in [2.45, 2.75) is 4.90 Å². The highest BCUT2D eigenvalue weighted by molar-refractivity contribution is 7.89. The average Bonchev–Trinajstić information content (AvgIpc) is 2.88. The molecule has 1 saturated heterocycles. The van der Waals surface area contributed by atoms with Crippen LogP contribution in [0.3, 0.4) is 0 Å². The molecule has 2 N–H and O–H groups in total. The molecule has 0 atom stereocenters. The van der Waals surface area contributed by atoms with Crippen LogP contribution in [0.2, 0.25) is 5.02 Å². The number of hydroxylamine groups is 1. The molecule has 0 radical (unpaired) electrons. The molecule has 1 fully saturated rings. The van der Waals surface area contributed by atoms with Gasteiger partial charge in [0.25, 0.3) is 5.91 Å². The second-order valence-electron chi connectivity index (χ2n) is 9.09. The molecule has 1 amide bonds. The maximum atomic E-state index is 14.8. The third-order valence-electron chi connectivity index (χ3n) is 6.21. The van der Waals surface area contributed by atoms with Crippen LogP contribution in [-0.2, 0) is 14.8 Å². The summed E-state index contributed by atoms with van der Waals surface area (Å²) in [5.74, 6) is -4.15. The van der Waals surface area contributed by atoms with Gasteiger partial charge in [-0.15, -0.1) is 0 Å². The van der Waals surface area contributed by atoms with E-state index in [9.17, 15) is 22.0 Å². The Hall–Kier alpha value is -2.39. The van der Waals surface area contributed by atoms with E-state index in [1.54, 1.807) is 0 Å². The van der Waals surface area contributed by atoms with Crippen molar-refractivity contribution in [3.63, 3.8) is 0 Å². The Morgan fingerprint density at radius 1 is 1.08 bits per heavy atom. The van der Waals surface area contributed by atoms with Crippen LogP contribution < -0.4 is 10.2 Å². The molecule has 3 rings (SSSR count). The maximum Gasteiger partial charge on any atom is 0.258 e. The zero-order valence-electron chi connectivity index (χ0n) is 21.2. The van der Waals surface area contributed by atoms with Crippen LogP contribution >= 0.6 is 11.6 Å². The van der Waals surface area contributed by atoms with Crippen LogP contribution in [0.4, 0.5) is 8.78 Å². The van der Waals surface area contributed by atoms with E-state index in [1.807, 2.05) is 11.9 Å². The lowest BCUT2D eigenvalue weighted by Crippen LogP contribution is -2.47. The Balaban J connectivity index is 1.71. The third kappa shape index (κ3) is 8.30. The van der Waals surface area contributed by atoms with Gasteiger partial charge in [0.1, 0.15) is 5.75 Å². The first kappa shape index (κ1) is 30.2. The summed E-state index contributed by atoms with van der Waals surface area (Å²) in [4.78, 5) is 17.6. The number of halogens is 3. The average molecular weight is 576 g/mol. The number of carbonyl (C=O) groups is 1. The molecule has 1 aliphatic heterocycles. The predicted molar refractivity (Wildman–Crippen MR) is 138 cm³/mol. The molecule has 0 spiro atoms. The van der Waals surface area contributed by atoms with E-state index in [0.717, 1.165) is 37.0 Å². The van der Waals surface area contributed by atoms with Crippen molar-refractivity contribution in [2.75, 3.05) is 73.0 Å². The van der Waals surface area contributed by atoms with E-state index >= 15 is 0 Å². The summed E-state index contributed by atoms with van der Waals surface area (Å²) in [6.07, 6.45) is 0. The van der Waals surface area contributed by atoms with Crippen molar-refractivity contribution in [1.29, 1.82) is 0 Å². The predicted octanol–water partition coefficient (Wildman–Crippen LogP) is 2.09. The van der Waals surface area contributed by atoms with Crippen molar-refractivity contribution in [3.05, 3.63) is 53.1 Å². The summed E-state index contributed by atoms with van der Waals surface area (Å²) in [7, 11) is -0.635. The molecule has 210 valence electrons. The highest BCUT2D eigenvalue weighted by Gasteiger charge is 2.29. The quantitative estimate of drug-likeness (QED) is 0.293. The number of hydrogen-bond acceptors (Lipinski definition) is 8. The van der Waals surface area contributed by atoms with Crippen molar-refractivity contribution in [1.82, 2.24) is 24.5 Å². The largest absolute Gasteiger partial charge is 0.451 e. The molecule has 10 nitrogen and oxygen atoms in total. The number of nitrogens with zero attached hydrogens (tertiary/aromatic N) is 4. The van der Waals surface area contributed by atoms with Crippen molar-refractivity contribution in [3.8, 4) is 11.5 Å². The number of amides is 1. The molecule has 0 aromatic heterocycles. The van der Waals surface area contributed by atoms with Crippen LogP contribution in [-0.4, -0.2) is 112 Å². The maximum absolute atomic E-state index is 14.8. The lowest BCUT2D eigenvalue weighted by Gasteiger charge is -2.33. The van der Waals surface area contributed by atoms with Gasteiger partial charge < -0.3 is 14.5 Å². The van der Waals surface area contributed by atoms with Gasteiger partial charge in [0.05, 0.1) is 11.4 Å². The van der Waals surface area contributed by atoms with Gasteiger partial charge in [-0.1, -0.05) is 11.6 Å². The Morgan fingerprint density at radius 2 is 1.68 bits per heavy atom. The molecule has 1 aliphatic rings. The number of rotatable bonds is 12. The van der Waals surface area contributed by atoms with E-state index in [0.29, 0.717) is 23.7 Å². The molecule has 2 aromatic rings. The van der Waals surface area contributed by atoms with Gasteiger partial charge in [-0.25, -0.2) is 22.7 Å². The summed E-state index contributed by atoms with van der Waals surface area (Å²) >= 11 is 5.80. The van der Waals surface area contributed by atoms with Crippen molar-refractivity contribution < 1.29 is 31.9 Å². The van der Waals surface area contributed by atoms with Gasteiger partial charge in [-0.05, 0) is 50.5 Å². The lowest BCUT2D eigenvalue weighted by molar-refractivity contribution is -0.129. The number of ether oxygens (including phenoxy) is 1. The van der Waals surface area contributed by atoms with Crippen molar-refractivity contribution >= 4 is 27.5 Å². The second-order valence-corrected chi connectivity index (χ2v) is 11.5. The Bertz CT molecular complexity index is 1170. The smallest absolute Gasteiger partial charge is 0.258 e. The van der Waals surface area contributed by atoms with E-state index in [4.69, 9.17) is 21.5 Å². The lowest BCUT2D eigenvalue weighted by atomic mass is 10.3. The number of sulfonamides is 1. The van der Waals surface area contributed by atoms with Gasteiger partial charge in [-0.3, -0.25) is 14.9 Å². The molecule has 0 unspecified atom stereocenters. The number of nitrogens with one attached hydrogen (secondary N) is 1. The first-order valence-corrected chi connectivity index (χ1v) is 13.8. The number of piperazine rings is 1. The van der Waals surface area contributed by atoms with E-state index in [1.165, 1.54) is 29.7 Å². The number of benzene rings is 2. The molecule has 38 heavy (non-hydrogen) atoms. The molecule has 14 heteroatoms. The Morgan fingerprint density at radius 3 is 2.26 bits per heavy atom. The van der Waals surface area contributed by atoms with E-state index in [2.05, 4.69) is 16.8 Å². The van der Waals surface area contributed by atoms with Gasteiger partial charge in [0.2, 0.25) is 10.0 Å². The Kier molecular flexibility index (Phi) is 10.8. The molecule has 0 saturated carbocycles. The van der Waals surface area contributed by atoms with Crippen LogP contribution in [0.5, 0.6) is 11.5 Å². The van der Waals surface area contributed by atoms with Crippen LogP contribution in [0.15, 0.2) is 41.3 Å². The Labute approximate surface area is 226 Å². The number of likely N-dealkylation sites (N-methyl/N-ethyl adjacent to an activating group) is 2. The number of hydrogen-bond donors (Lipinski definition) is 2. The first-order valence-electron chi connectivity index (χ1n) is 11.9. The van der Waals surface area contributed by atoms with Gasteiger partial charge in [0, 0.05) is 57.4 Å². The first-order chi connectivity index (χ1) is 18.0. The normalized spacial score (nSPS) is 15.3. The molecular weight excluding hydrogens is 544 g/mol. The molecular formula is C24H32ClF2N5O5S. The summed E-state index contributed by atoms with van der Waals surface area (Å²) in [6, 6.07) is 7.01. The van der Waals surface area contributed by atoms with Gasteiger partial charge in [-0.2, -0.15) is 4.31 Å². The summed E-state index contributed by atoms with van der Waals surface area (Å²) in [5.41, 5.74) is 1.39. The zero-order valence-corrected chi connectivity index (χ0v) is 22.8. The third-order valence-corrected chi connectivity index (χ3v) is 8.29. The zero-order chi connectivity index (χ0) is 27.9. The van der Waals surface area contributed by atoms with E-state index in [-0.39, 0.29) is 18.8 Å². The van der Waals surface area contributed by atoms with E-state index < -0.39 is 44.8 Å². The fraction of sp³-hybridized carbons (Fsp3) is 0.458. The highest BCUT2D eigenvalue weighted by Crippen LogP contribution is 2.31. The molecule has 1 heterocycles. The van der Waals surface area contributed by atoms with Crippen LogP contribution in [0.1, 0.15) is 0 Å². The summed E-state index contributed by atoms with van der Waals surface area (Å²) in [5, 5.41) is 9.34. The van der Waals surface area contributed by atoms with Crippen LogP contribution in [0.25, 0.3) is 0 Å². The minimum Gasteiger partial charge on any atom is -0.451 e. The highest BCUT2D eigenvalue weighted by atomic mass is 35.5. The fourth-order valence-electron chi connectivity index (χ4n) is 3.81. The summed E-state index contributed by atoms with van der Waals surface area (Å²) in [6.45, 7) is 4.63. The van der Waals surface area contributed by atoms with Crippen molar-refractivity contribution in [2.24, 2.45) is 0 Å². The SMILES string of the molecule is CN1CCN(CCN(C)CCN(CC(=O)NO)S(=O)(=O)c2cc(F)c(Oc3ccc(Cl)cc3)c(F)c2)CC1. The van der Waals surface area contributed by atoms with Gasteiger partial charge >= 0.3 is 0 Å². The standard InChI is InChI=1S/C24H32ClF2N5O5S/c1-29-7-11-31(12-8-29)13-9-30(2)10-14-32(17-23(33)28-34)38(35,36)20-15-21(26)24(22(27)16-20)37-19-5-3-18(25)4-6-19/h3-6,15-16,34H,7-14,17H2,1-2H3,(H,28,33). The van der Waals surface area contributed by atoms with Crippen LogP contribution in [0, 0.1) is 11.6 Å². The van der Waals surface area contributed by atoms with Gasteiger partial charge in [0.15, 0.2) is 17.4 Å². The second kappa shape index (κ2) is 13.6.